The van der Waals surface area contributed by atoms with E-state index in [9.17, 15) is 14.4 Å². The minimum atomic E-state index is -1.11. The Labute approximate surface area is 97.1 Å². The normalized spacial score (nSPS) is 9.94. The van der Waals surface area contributed by atoms with Gasteiger partial charge in [-0.25, -0.2) is 4.79 Å². The smallest absolute Gasteiger partial charge is 0.317 e. The molecule has 0 radical (unpaired) electrons. The van der Waals surface area contributed by atoms with Crippen LogP contribution in [0.3, 0.4) is 0 Å². The zero-order valence-corrected chi connectivity index (χ0v) is 9.05. The Morgan fingerprint density at radius 1 is 1.12 bits per heavy atom. The van der Waals surface area contributed by atoms with Crippen molar-refractivity contribution in [3.05, 3.63) is 5.76 Å². The average Bonchev–Trinajstić information content (AvgIpc) is 2.22. The van der Waals surface area contributed by atoms with E-state index in [4.69, 9.17) is 15.3 Å². The van der Waals surface area contributed by atoms with Crippen molar-refractivity contribution in [1.82, 2.24) is 10.2 Å². The molecule has 0 saturated carbocycles. The summed E-state index contributed by atoms with van der Waals surface area (Å²) in [6, 6.07) is 0. The summed E-state index contributed by atoms with van der Waals surface area (Å²) < 4.78 is 0. The second-order valence-electron chi connectivity index (χ2n) is 3.22. The monoisotopic (exact) mass is 246 g/mol. The molecule has 0 amide bonds. The van der Waals surface area contributed by atoms with E-state index in [0.717, 1.165) is 0 Å². The highest BCUT2D eigenvalue weighted by atomic mass is 16.4. The van der Waals surface area contributed by atoms with E-state index in [1.54, 1.807) is 0 Å². The highest BCUT2D eigenvalue weighted by molar-refractivity contribution is 5.69. The number of hydrogen-bond donors (Lipinski definition) is 4. The van der Waals surface area contributed by atoms with Crippen LogP contribution in [-0.4, -0.2) is 70.8 Å². The number of carboxylic acid groups (broad SMARTS) is 2. The Balaban J connectivity index is 4.06. The Kier molecular flexibility index (Phi) is 7.36. The summed E-state index contributed by atoms with van der Waals surface area (Å²) in [4.78, 5) is 32.0. The van der Waals surface area contributed by atoms with Crippen LogP contribution in [0.5, 0.6) is 0 Å². The lowest BCUT2D eigenvalue weighted by molar-refractivity contribution is -0.138. The predicted octanol–water partition coefficient (Wildman–Crippen LogP) is -1.68. The highest BCUT2D eigenvalue weighted by Crippen LogP contribution is 1.92. The number of aliphatic hydroxyl groups is 1. The standard InChI is InChI=1S/C9H14N2O6/c12-6-7(13)4-11(5-9(16)17)2-1-10-3-8(14)15/h10,13H,1-5H2,(H,14,15)(H,16,17). The fourth-order valence-electron chi connectivity index (χ4n) is 1.08. The minimum absolute atomic E-state index is 0.186. The molecule has 8 heteroatoms. The molecule has 0 heterocycles. The van der Waals surface area contributed by atoms with Crippen LogP contribution in [0.1, 0.15) is 0 Å². The molecular weight excluding hydrogens is 232 g/mol. The first-order chi connectivity index (χ1) is 7.95. The summed E-state index contributed by atoms with van der Waals surface area (Å²) in [7, 11) is 0. The Morgan fingerprint density at radius 2 is 1.76 bits per heavy atom. The van der Waals surface area contributed by atoms with E-state index in [-0.39, 0.29) is 32.7 Å². The molecule has 0 atom stereocenters. The van der Waals surface area contributed by atoms with Gasteiger partial charge in [-0.15, -0.1) is 0 Å². The van der Waals surface area contributed by atoms with Crippen molar-refractivity contribution in [3.63, 3.8) is 0 Å². The number of carbonyl (C=O) groups excluding carboxylic acids is 1. The van der Waals surface area contributed by atoms with E-state index in [1.165, 1.54) is 10.8 Å². The largest absolute Gasteiger partial charge is 0.501 e. The van der Waals surface area contributed by atoms with Gasteiger partial charge in [-0.05, 0) is 0 Å². The van der Waals surface area contributed by atoms with Gasteiger partial charge in [0.1, 0.15) is 0 Å². The maximum Gasteiger partial charge on any atom is 0.317 e. The molecule has 0 aromatic carbocycles. The van der Waals surface area contributed by atoms with Gasteiger partial charge < -0.3 is 20.6 Å². The van der Waals surface area contributed by atoms with Crippen LogP contribution in [-0.2, 0) is 14.4 Å². The van der Waals surface area contributed by atoms with E-state index in [0.29, 0.717) is 0 Å². The van der Waals surface area contributed by atoms with Crippen molar-refractivity contribution >= 4 is 17.9 Å². The SMILES string of the molecule is O=C=C(O)CN(CCNCC(=O)O)CC(=O)O. The van der Waals surface area contributed by atoms with Gasteiger partial charge in [0.15, 0.2) is 11.7 Å². The third-order valence-corrected chi connectivity index (χ3v) is 1.73. The third-order valence-electron chi connectivity index (χ3n) is 1.73. The summed E-state index contributed by atoms with van der Waals surface area (Å²) in [6.45, 7) is -0.418. The number of hydrogen-bond acceptors (Lipinski definition) is 6. The lowest BCUT2D eigenvalue weighted by Crippen LogP contribution is -2.38. The molecule has 0 spiro atoms. The molecule has 17 heavy (non-hydrogen) atoms. The number of nitrogens with zero attached hydrogens (tertiary/aromatic N) is 1. The van der Waals surface area contributed by atoms with Crippen molar-refractivity contribution in [1.29, 1.82) is 0 Å². The number of nitrogens with one attached hydrogen (secondary N) is 1. The Bertz CT molecular complexity index is 323. The minimum Gasteiger partial charge on any atom is -0.501 e. The van der Waals surface area contributed by atoms with E-state index in [1.807, 2.05) is 0 Å². The van der Waals surface area contributed by atoms with Crippen LogP contribution in [0.25, 0.3) is 0 Å². The van der Waals surface area contributed by atoms with E-state index in [2.05, 4.69) is 5.32 Å². The van der Waals surface area contributed by atoms with Gasteiger partial charge in [-0.1, -0.05) is 0 Å². The summed E-state index contributed by atoms with van der Waals surface area (Å²) in [5.41, 5.74) is 0. The Morgan fingerprint density at radius 3 is 2.24 bits per heavy atom. The van der Waals surface area contributed by atoms with Crippen LogP contribution < -0.4 is 5.32 Å². The van der Waals surface area contributed by atoms with Crippen LogP contribution in [0.2, 0.25) is 0 Å². The van der Waals surface area contributed by atoms with E-state index < -0.39 is 17.7 Å². The third kappa shape index (κ3) is 9.06. The van der Waals surface area contributed by atoms with Gasteiger partial charge in [-0.3, -0.25) is 14.5 Å². The molecule has 0 rings (SSSR count). The molecule has 0 aliphatic rings. The molecule has 0 saturated heterocycles. The summed E-state index contributed by atoms with van der Waals surface area (Å²) in [5.74, 6) is -1.47. The van der Waals surface area contributed by atoms with Gasteiger partial charge in [0.25, 0.3) is 0 Å². The van der Waals surface area contributed by atoms with Crippen molar-refractivity contribution in [2.75, 3.05) is 32.7 Å². The Hall–Kier alpha value is -1.89. The lowest BCUT2D eigenvalue weighted by Gasteiger charge is -2.18. The molecule has 0 aliphatic heterocycles. The molecule has 0 aromatic heterocycles. The maximum absolute atomic E-state index is 10.5. The van der Waals surface area contributed by atoms with E-state index >= 15 is 0 Å². The number of carbonyl (C=O) groups is 2. The molecule has 4 N–H and O–H groups in total. The molecule has 0 bridgehead atoms. The second kappa shape index (κ2) is 8.28. The van der Waals surface area contributed by atoms with Gasteiger partial charge in [0, 0.05) is 13.1 Å². The lowest BCUT2D eigenvalue weighted by atomic mass is 10.4. The van der Waals surface area contributed by atoms with Gasteiger partial charge in [0.05, 0.1) is 19.6 Å². The quantitative estimate of drug-likeness (QED) is 0.216. The van der Waals surface area contributed by atoms with Gasteiger partial charge in [-0.2, -0.15) is 0 Å². The number of aliphatic hydroxyl groups excluding tert-OH is 1. The fraction of sp³-hybridized carbons (Fsp3) is 0.556. The molecule has 0 aromatic rings. The molecule has 96 valence electrons. The second-order valence-corrected chi connectivity index (χ2v) is 3.22. The molecule has 0 aliphatic carbocycles. The number of aliphatic carboxylic acids is 2. The molecular formula is C9H14N2O6. The number of rotatable bonds is 9. The van der Waals surface area contributed by atoms with Crippen molar-refractivity contribution in [2.45, 2.75) is 0 Å². The van der Waals surface area contributed by atoms with Gasteiger partial charge in [0.2, 0.25) is 0 Å². The average molecular weight is 246 g/mol. The zero-order chi connectivity index (χ0) is 13.3. The molecule has 8 nitrogen and oxygen atoms in total. The maximum atomic E-state index is 10.5. The van der Waals surface area contributed by atoms with Crippen molar-refractivity contribution < 1.29 is 29.7 Å². The van der Waals surface area contributed by atoms with Crippen molar-refractivity contribution in [2.24, 2.45) is 0 Å². The zero-order valence-electron chi connectivity index (χ0n) is 9.05. The van der Waals surface area contributed by atoms with Gasteiger partial charge >= 0.3 is 11.9 Å². The first-order valence-corrected chi connectivity index (χ1v) is 4.75. The topological polar surface area (TPSA) is 127 Å². The molecule has 0 unspecified atom stereocenters. The number of carboxylic acids is 2. The first kappa shape index (κ1) is 15.1. The summed E-state index contributed by atoms with van der Waals surface area (Å²) in [5, 5.41) is 28.4. The highest BCUT2D eigenvalue weighted by Gasteiger charge is 2.11. The summed E-state index contributed by atoms with van der Waals surface area (Å²) in [6.07, 6.45) is 0. The molecule has 0 fully saturated rings. The van der Waals surface area contributed by atoms with Crippen LogP contribution in [0.4, 0.5) is 0 Å². The van der Waals surface area contributed by atoms with Crippen LogP contribution in [0.15, 0.2) is 5.76 Å². The fourth-order valence-corrected chi connectivity index (χ4v) is 1.08. The summed E-state index contributed by atoms with van der Waals surface area (Å²) >= 11 is 0. The predicted molar refractivity (Wildman–Crippen MR) is 56.4 cm³/mol. The first-order valence-electron chi connectivity index (χ1n) is 4.75. The van der Waals surface area contributed by atoms with Crippen molar-refractivity contribution in [3.8, 4) is 0 Å². The van der Waals surface area contributed by atoms with Crippen LogP contribution in [0, 0.1) is 0 Å². The van der Waals surface area contributed by atoms with Crippen LogP contribution >= 0.6 is 0 Å².